The molecule has 2 heterocycles. The van der Waals surface area contributed by atoms with Crippen LogP contribution in [0.1, 0.15) is 83.6 Å². The topological polar surface area (TPSA) is 108 Å². The van der Waals surface area contributed by atoms with Crippen LogP contribution in [-0.4, -0.2) is 101 Å². The molecule has 0 radical (unpaired) electrons. The lowest BCUT2D eigenvalue weighted by Gasteiger charge is -2.65. The Labute approximate surface area is 267 Å². The van der Waals surface area contributed by atoms with Crippen LogP contribution >= 0.6 is 0 Å². The van der Waals surface area contributed by atoms with E-state index in [4.69, 9.17) is 5.11 Å². The molecule has 1 aromatic rings. The molecule has 6 fully saturated rings. The predicted molar refractivity (Wildman–Crippen MR) is 172 cm³/mol. The van der Waals surface area contributed by atoms with Crippen molar-refractivity contribution < 1.29 is 24.2 Å². The van der Waals surface area contributed by atoms with Crippen molar-refractivity contribution in [2.24, 2.45) is 22.7 Å². The molecule has 9 nitrogen and oxygen atoms in total. The van der Waals surface area contributed by atoms with Gasteiger partial charge in [-0.25, -0.2) is 9.18 Å². The van der Waals surface area contributed by atoms with Gasteiger partial charge in [0.05, 0.1) is 18.4 Å². The summed E-state index contributed by atoms with van der Waals surface area (Å²) in [5.74, 6) is 0.813. The second-order valence-corrected chi connectivity index (χ2v) is 16.1. The molecule has 4 bridgehead atoms. The monoisotopic (exact) mass is 627 g/mol. The van der Waals surface area contributed by atoms with Gasteiger partial charge in [0, 0.05) is 51.2 Å². The number of piperidine rings is 1. The molecule has 2 aliphatic heterocycles. The van der Waals surface area contributed by atoms with E-state index < -0.39 is 11.9 Å². The SMILES string of the molecule is CC12CC3CC(C)(C1)CC(NC(=O)Nc1ccc(CN4CCCN(C(=O)CC5CCN(CC(O)CO)CC5)CC4)cc1F)(C3)C2. The number of nitrogens with zero attached hydrogens (tertiary/aromatic N) is 3. The molecule has 4 N–H and O–H groups in total. The first-order valence-corrected chi connectivity index (χ1v) is 17.3. The number of rotatable bonds is 9. The predicted octanol–water partition coefficient (Wildman–Crippen LogP) is 4.19. The van der Waals surface area contributed by atoms with Crippen LogP contribution in [-0.2, 0) is 11.3 Å². The Kier molecular flexibility index (Phi) is 9.50. The Bertz CT molecular complexity index is 1220. The number of carbonyl (C=O) groups is 2. The van der Waals surface area contributed by atoms with Crippen LogP contribution in [0.15, 0.2) is 18.2 Å². The molecule has 3 atom stereocenters. The summed E-state index contributed by atoms with van der Waals surface area (Å²) in [5, 5.41) is 24.9. The Hall–Kier alpha value is -2.27. The van der Waals surface area contributed by atoms with E-state index in [0.717, 1.165) is 76.8 Å². The highest BCUT2D eigenvalue weighted by Gasteiger charge is 2.60. The van der Waals surface area contributed by atoms with E-state index in [1.165, 1.54) is 25.3 Å². The molecule has 0 aromatic heterocycles. The maximum Gasteiger partial charge on any atom is 0.319 e. The van der Waals surface area contributed by atoms with Gasteiger partial charge in [-0.15, -0.1) is 0 Å². The van der Waals surface area contributed by atoms with E-state index in [0.29, 0.717) is 37.9 Å². The Morgan fingerprint density at radius 2 is 1.71 bits per heavy atom. The van der Waals surface area contributed by atoms with E-state index in [1.54, 1.807) is 6.07 Å². The zero-order chi connectivity index (χ0) is 31.8. The summed E-state index contributed by atoms with van der Waals surface area (Å²) in [4.78, 5) is 32.7. The fraction of sp³-hybridized carbons (Fsp3) is 0.771. The lowest BCUT2D eigenvalue weighted by molar-refractivity contribution is -0.132. The van der Waals surface area contributed by atoms with Crippen LogP contribution < -0.4 is 10.6 Å². The van der Waals surface area contributed by atoms with Gasteiger partial charge in [0.2, 0.25) is 5.91 Å². The normalized spacial score (nSPS) is 33.2. The number of hydrogen-bond acceptors (Lipinski definition) is 6. The van der Waals surface area contributed by atoms with Crippen molar-refractivity contribution in [2.45, 2.75) is 96.2 Å². The summed E-state index contributed by atoms with van der Waals surface area (Å²) in [6.45, 7) is 10.3. The van der Waals surface area contributed by atoms with Crippen molar-refractivity contribution in [1.29, 1.82) is 0 Å². The lowest BCUT2D eigenvalue weighted by Crippen LogP contribution is -2.65. The van der Waals surface area contributed by atoms with E-state index in [9.17, 15) is 14.7 Å². The zero-order valence-electron chi connectivity index (χ0n) is 27.3. The van der Waals surface area contributed by atoms with E-state index >= 15 is 4.39 Å². The minimum Gasteiger partial charge on any atom is -0.394 e. The summed E-state index contributed by atoms with van der Waals surface area (Å²) < 4.78 is 15.2. The third-order valence-electron chi connectivity index (χ3n) is 11.5. The van der Waals surface area contributed by atoms with E-state index in [2.05, 4.69) is 34.3 Å². The molecule has 3 amide bonds. The van der Waals surface area contributed by atoms with Gasteiger partial charge in [0.15, 0.2) is 0 Å². The quantitative estimate of drug-likeness (QED) is 0.327. The number of aliphatic hydroxyl groups excluding tert-OH is 2. The van der Waals surface area contributed by atoms with Crippen molar-refractivity contribution in [3.05, 3.63) is 29.6 Å². The molecule has 3 unspecified atom stereocenters. The number of halogens is 1. The second kappa shape index (κ2) is 13.1. The molecule has 250 valence electrons. The van der Waals surface area contributed by atoms with Crippen LogP contribution in [0, 0.1) is 28.5 Å². The lowest BCUT2D eigenvalue weighted by atomic mass is 9.43. The Morgan fingerprint density at radius 3 is 2.38 bits per heavy atom. The highest BCUT2D eigenvalue weighted by atomic mass is 19.1. The summed E-state index contributed by atoms with van der Waals surface area (Å²) in [6.07, 6.45) is 9.41. The third kappa shape index (κ3) is 7.83. The van der Waals surface area contributed by atoms with Gasteiger partial charge in [0.25, 0.3) is 0 Å². The first-order chi connectivity index (χ1) is 21.4. The number of β-amino-alcohol motifs (C(OH)–C–C–N with tert-alkyl or cyclic N) is 1. The highest BCUT2D eigenvalue weighted by Crippen LogP contribution is 2.66. The number of hydrogen-bond donors (Lipinski definition) is 4. The molecule has 2 saturated heterocycles. The van der Waals surface area contributed by atoms with Crippen LogP contribution in [0.5, 0.6) is 0 Å². The van der Waals surface area contributed by atoms with Crippen molar-refractivity contribution in [3.8, 4) is 0 Å². The van der Waals surface area contributed by atoms with Crippen molar-refractivity contribution in [1.82, 2.24) is 20.0 Å². The summed E-state index contributed by atoms with van der Waals surface area (Å²) in [6, 6.07) is 4.79. The molecule has 10 heteroatoms. The fourth-order valence-corrected chi connectivity index (χ4v) is 10.5. The highest BCUT2D eigenvalue weighted by molar-refractivity contribution is 5.90. The molecule has 4 aliphatic carbocycles. The van der Waals surface area contributed by atoms with Crippen LogP contribution in [0.25, 0.3) is 0 Å². The summed E-state index contributed by atoms with van der Waals surface area (Å²) in [7, 11) is 0. The largest absolute Gasteiger partial charge is 0.394 e. The third-order valence-corrected chi connectivity index (χ3v) is 11.5. The minimum absolute atomic E-state index is 0.186. The van der Waals surface area contributed by atoms with Crippen LogP contribution in [0.3, 0.4) is 0 Å². The summed E-state index contributed by atoms with van der Waals surface area (Å²) >= 11 is 0. The number of anilines is 1. The Morgan fingerprint density at radius 1 is 0.978 bits per heavy atom. The maximum absolute atomic E-state index is 15.2. The Balaban J connectivity index is 0.955. The molecule has 45 heavy (non-hydrogen) atoms. The number of amides is 3. The second-order valence-electron chi connectivity index (χ2n) is 16.1. The van der Waals surface area contributed by atoms with Gasteiger partial charge in [-0.1, -0.05) is 19.9 Å². The van der Waals surface area contributed by atoms with Gasteiger partial charge in [-0.2, -0.15) is 0 Å². The average molecular weight is 628 g/mol. The zero-order valence-corrected chi connectivity index (χ0v) is 27.3. The van der Waals surface area contributed by atoms with Gasteiger partial charge < -0.3 is 30.6 Å². The first kappa shape index (κ1) is 32.7. The van der Waals surface area contributed by atoms with Crippen molar-refractivity contribution in [2.75, 3.05) is 57.7 Å². The smallest absolute Gasteiger partial charge is 0.319 e. The molecular weight excluding hydrogens is 573 g/mol. The number of nitrogens with one attached hydrogen (secondary N) is 2. The minimum atomic E-state index is -0.704. The number of aliphatic hydroxyl groups is 2. The van der Waals surface area contributed by atoms with Gasteiger partial charge in [-0.3, -0.25) is 9.69 Å². The molecule has 1 aromatic carbocycles. The number of urea groups is 1. The molecule has 4 saturated carbocycles. The average Bonchev–Trinajstić information content (AvgIpc) is 3.19. The molecule has 0 spiro atoms. The van der Waals surface area contributed by atoms with Crippen molar-refractivity contribution in [3.63, 3.8) is 0 Å². The molecule has 7 rings (SSSR count). The number of benzene rings is 1. The number of carbonyl (C=O) groups excluding carboxylic acids is 2. The maximum atomic E-state index is 15.2. The standard InChI is InChI=1S/C35H54FN5O4/c1-33-16-27-17-34(2,22-33)24-35(18-27,23-33)38-32(45)37-30-5-4-26(14-29(30)36)19-39-8-3-9-41(13-12-39)31(44)15-25-6-10-40(11-7-25)20-28(43)21-42/h4-5,14,25,27-28,42-43H,3,6-13,15-24H2,1-2H3,(H2,37,38,45). The number of likely N-dealkylation sites (tertiary alicyclic amines) is 1. The van der Waals surface area contributed by atoms with E-state index in [-0.39, 0.29) is 40.6 Å². The van der Waals surface area contributed by atoms with E-state index in [1.807, 2.05) is 11.0 Å². The first-order valence-electron chi connectivity index (χ1n) is 17.3. The molecular formula is C35H54FN5O4. The molecule has 6 aliphatic rings. The summed E-state index contributed by atoms with van der Waals surface area (Å²) in [5.41, 5.74) is 1.46. The van der Waals surface area contributed by atoms with Gasteiger partial charge in [-0.05, 0) is 111 Å². The van der Waals surface area contributed by atoms with Gasteiger partial charge >= 0.3 is 6.03 Å². The van der Waals surface area contributed by atoms with Crippen molar-refractivity contribution >= 4 is 17.6 Å². The fourth-order valence-electron chi connectivity index (χ4n) is 10.5. The van der Waals surface area contributed by atoms with Crippen LogP contribution in [0.4, 0.5) is 14.9 Å². The van der Waals surface area contributed by atoms with Crippen LogP contribution in [0.2, 0.25) is 0 Å². The van der Waals surface area contributed by atoms with Gasteiger partial charge in [0.1, 0.15) is 5.82 Å².